The van der Waals surface area contributed by atoms with E-state index in [-0.39, 0.29) is 5.25 Å². The fourth-order valence-electron chi connectivity index (χ4n) is 2.19. The van der Waals surface area contributed by atoms with Crippen LogP contribution in [-0.2, 0) is 16.3 Å². The lowest BCUT2D eigenvalue weighted by Crippen LogP contribution is -2.38. The second-order valence-electron chi connectivity index (χ2n) is 4.51. The zero-order valence-electron chi connectivity index (χ0n) is 10.1. The summed E-state index contributed by atoms with van der Waals surface area (Å²) in [6.07, 6.45) is 2.65. The molecule has 1 unspecified atom stereocenters. The van der Waals surface area contributed by atoms with Crippen molar-refractivity contribution >= 4 is 9.84 Å². The Kier molecular flexibility index (Phi) is 3.84. The van der Waals surface area contributed by atoms with Gasteiger partial charge in [-0.15, -0.1) is 0 Å². The predicted molar refractivity (Wildman–Crippen MR) is 68.9 cm³/mol. The lowest BCUT2D eigenvalue weighted by Gasteiger charge is -2.22. The third-order valence-corrected chi connectivity index (χ3v) is 5.56. The minimum Gasteiger partial charge on any atom is -0.315 e. The van der Waals surface area contributed by atoms with Crippen LogP contribution in [0.5, 0.6) is 0 Å². The standard InChI is InChI=1S/C13H19NO2S/c1-2-11-5-7-12(8-6-11)17(15,16)13-4-3-9-14-10-13/h5-8,13-14H,2-4,9-10H2,1H3. The zero-order valence-corrected chi connectivity index (χ0v) is 11.0. The first kappa shape index (κ1) is 12.6. The Morgan fingerprint density at radius 2 is 2.00 bits per heavy atom. The van der Waals surface area contributed by atoms with E-state index in [1.807, 2.05) is 12.1 Å². The van der Waals surface area contributed by atoms with Crippen molar-refractivity contribution in [1.29, 1.82) is 0 Å². The molecule has 1 atom stereocenters. The normalized spacial score (nSPS) is 21.4. The van der Waals surface area contributed by atoms with E-state index in [2.05, 4.69) is 12.2 Å². The van der Waals surface area contributed by atoms with Crippen LogP contribution in [0.15, 0.2) is 29.2 Å². The second kappa shape index (κ2) is 5.19. The van der Waals surface area contributed by atoms with E-state index in [1.165, 1.54) is 5.56 Å². The van der Waals surface area contributed by atoms with E-state index in [9.17, 15) is 8.42 Å². The Labute approximate surface area is 103 Å². The van der Waals surface area contributed by atoms with Crippen molar-refractivity contribution in [2.45, 2.75) is 36.3 Å². The van der Waals surface area contributed by atoms with Gasteiger partial charge in [0, 0.05) is 6.54 Å². The fraction of sp³-hybridized carbons (Fsp3) is 0.538. The SMILES string of the molecule is CCc1ccc(S(=O)(=O)C2CCCNC2)cc1. The number of piperidine rings is 1. The zero-order chi connectivity index (χ0) is 12.3. The van der Waals surface area contributed by atoms with Gasteiger partial charge in [0.15, 0.2) is 9.84 Å². The summed E-state index contributed by atoms with van der Waals surface area (Å²) in [6.45, 7) is 3.58. The molecule has 1 heterocycles. The fourth-order valence-corrected chi connectivity index (χ4v) is 3.91. The van der Waals surface area contributed by atoms with Crippen molar-refractivity contribution in [2.24, 2.45) is 0 Å². The van der Waals surface area contributed by atoms with Crippen LogP contribution in [-0.4, -0.2) is 26.8 Å². The molecule has 0 amide bonds. The van der Waals surface area contributed by atoms with Crippen LogP contribution in [0.1, 0.15) is 25.3 Å². The van der Waals surface area contributed by atoms with Crippen LogP contribution >= 0.6 is 0 Å². The highest BCUT2D eigenvalue weighted by Crippen LogP contribution is 2.21. The van der Waals surface area contributed by atoms with Gasteiger partial charge in [-0.25, -0.2) is 8.42 Å². The van der Waals surface area contributed by atoms with Crippen molar-refractivity contribution in [3.8, 4) is 0 Å². The number of aryl methyl sites for hydroxylation is 1. The third-order valence-electron chi connectivity index (χ3n) is 3.35. The summed E-state index contributed by atoms with van der Waals surface area (Å²) < 4.78 is 24.7. The molecule has 1 saturated heterocycles. The molecule has 0 radical (unpaired) electrons. The molecule has 1 aliphatic heterocycles. The molecule has 0 saturated carbocycles. The van der Waals surface area contributed by atoms with Gasteiger partial charge in [-0.05, 0) is 43.5 Å². The number of hydrogen-bond acceptors (Lipinski definition) is 3. The molecule has 2 rings (SSSR count). The minimum absolute atomic E-state index is 0.260. The molecular formula is C13H19NO2S. The molecule has 3 nitrogen and oxygen atoms in total. The van der Waals surface area contributed by atoms with Gasteiger partial charge in [0.2, 0.25) is 0 Å². The summed E-state index contributed by atoms with van der Waals surface area (Å²) in [5.41, 5.74) is 1.17. The van der Waals surface area contributed by atoms with E-state index in [0.717, 1.165) is 25.8 Å². The van der Waals surface area contributed by atoms with Crippen LogP contribution in [0.2, 0.25) is 0 Å². The van der Waals surface area contributed by atoms with E-state index < -0.39 is 9.84 Å². The summed E-state index contributed by atoms with van der Waals surface area (Å²) >= 11 is 0. The minimum atomic E-state index is -3.15. The van der Waals surface area contributed by atoms with Crippen LogP contribution in [0.3, 0.4) is 0 Å². The summed E-state index contributed by atoms with van der Waals surface area (Å²) in [5.74, 6) is 0. The number of sulfone groups is 1. The van der Waals surface area contributed by atoms with Crippen molar-refractivity contribution in [3.63, 3.8) is 0 Å². The highest BCUT2D eigenvalue weighted by Gasteiger charge is 2.28. The third kappa shape index (κ3) is 2.69. The number of hydrogen-bond donors (Lipinski definition) is 1. The Morgan fingerprint density at radius 3 is 2.53 bits per heavy atom. The smallest absolute Gasteiger partial charge is 0.182 e. The Hall–Kier alpha value is -0.870. The molecule has 0 aromatic heterocycles. The molecule has 1 fully saturated rings. The Bertz CT molecular complexity index is 459. The largest absolute Gasteiger partial charge is 0.315 e. The van der Waals surface area contributed by atoms with Gasteiger partial charge in [0.05, 0.1) is 10.1 Å². The Morgan fingerprint density at radius 1 is 1.29 bits per heavy atom. The van der Waals surface area contributed by atoms with Crippen LogP contribution < -0.4 is 5.32 Å². The summed E-state index contributed by atoms with van der Waals surface area (Å²) in [6, 6.07) is 7.29. The van der Waals surface area contributed by atoms with E-state index in [0.29, 0.717) is 11.4 Å². The van der Waals surface area contributed by atoms with Crippen LogP contribution in [0.4, 0.5) is 0 Å². The molecule has 0 spiro atoms. The lowest BCUT2D eigenvalue weighted by molar-refractivity contribution is 0.497. The predicted octanol–water partition coefficient (Wildman–Crippen LogP) is 1.77. The maximum atomic E-state index is 12.3. The molecule has 1 aromatic carbocycles. The van der Waals surface area contributed by atoms with Gasteiger partial charge in [-0.1, -0.05) is 19.1 Å². The summed E-state index contributed by atoms with van der Waals surface area (Å²) in [5, 5.41) is 2.89. The van der Waals surface area contributed by atoms with Crippen molar-refractivity contribution in [2.75, 3.05) is 13.1 Å². The quantitative estimate of drug-likeness (QED) is 0.893. The van der Waals surface area contributed by atoms with Crippen molar-refractivity contribution in [3.05, 3.63) is 29.8 Å². The molecule has 1 aliphatic rings. The summed E-state index contributed by atoms with van der Waals surface area (Å²) in [4.78, 5) is 0.461. The first-order valence-corrected chi connectivity index (χ1v) is 7.73. The second-order valence-corrected chi connectivity index (χ2v) is 6.74. The van der Waals surface area contributed by atoms with Gasteiger partial charge in [-0.3, -0.25) is 0 Å². The molecule has 1 N–H and O–H groups in total. The van der Waals surface area contributed by atoms with Gasteiger partial charge in [0.25, 0.3) is 0 Å². The van der Waals surface area contributed by atoms with Crippen LogP contribution in [0.25, 0.3) is 0 Å². The van der Waals surface area contributed by atoms with E-state index in [1.54, 1.807) is 12.1 Å². The van der Waals surface area contributed by atoms with Gasteiger partial charge in [-0.2, -0.15) is 0 Å². The Balaban J connectivity index is 2.23. The lowest BCUT2D eigenvalue weighted by atomic mass is 10.2. The number of nitrogens with one attached hydrogen (secondary N) is 1. The molecule has 94 valence electrons. The first-order chi connectivity index (χ1) is 8.14. The summed E-state index contributed by atoms with van der Waals surface area (Å²) in [7, 11) is -3.15. The molecule has 0 bridgehead atoms. The van der Waals surface area contributed by atoms with Crippen molar-refractivity contribution in [1.82, 2.24) is 5.32 Å². The van der Waals surface area contributed by atoms with Gasteiger partial charge >= 0.3 is 0 Å². The number of rotatable bonds is 3. The monoisotopic (exact) mass is 253 g/mol. The molecule has 0 aliphatic carbocycles. The van der Waals surface area contributed by atoms with Gasteiger partial charge in [0.1, 0.15) is 0 Å². The molecule has 17 heavy (non-hydrogen) atoms. The average molecular weight is 253 g/mol. The van der Waals surface area contributed by atoms with Gasteiger partial charge < -0.3 is 5.32 Å². The highest BCUT2D eigenvalue weighted by atomic mass is 32.2. The molecular weight excluding hydrogens is 234 g/mol. The maximum absolute atomic E-state index is 12.3. The van der Waals surface area contributed by atoms with Crippen LogP contribution in [0, 0.1) is 0 Å². The van der Waals surface area contributed by atoms with Crippen molar-refractivity contribution < 1.29 is 8.42 Å². The maximum Gasteiger partial charge on any atom is 0.182 e. The number of benzene rings is 1. The molecule has 1 aromatic rings. The highest BCUT2D eigenvalue weighted by molar-refractivity contribution is 7.92. The van der Waals surface area contributed by atoms with E-state index >= 15 is 0 Å². The average Bonchev–Trinajstić information content (AvgIpc) is 2.40. The first-order valence-electron chi connectivity index (χ1n) is 6.18. The topological polar surface area (TPSA) is 46.2 Å². The van der Waals surface area contributed by atoms with E-state index in [4.69, 9.17) is 0 Å². The molecule has 4 heteroatoms.